The molecule has 0 bridgehead atoms. The molecular formula is C14H15BrN2O2S. The minimum Gasteiger partial charge on any atom is -0.481 e. The van der Waals surface area contributed by atoms with Gasteiger partial charge in [-0.15, -0.1) is 0 Å². The van der Waals surface area contributed by atoms with Crippen molar-refractivity contribution in [3.63, 3.8) is 0 Å². The second-order valence-electron chi connectivity index (χ2n) is 4.61. The molecule has 1 heterocycles. The Morgan fingerprint density at radius 3 is 2.50 bits per heavy atom. The number of carbonyl (C=O) groups is 1. The molecule has 0 aliphatic rings. The molecule has 0 amide bonds. The summed E-state index contributed by atoms with van der Waals surface area (Å²) in [5.41, 5.74) is 4.15. The third-order valence-corrected chi connectivity index (χ3v) is 5.01. The van der Waals surface area contributed by atoms with E-state index in [0.717, 1.165) is 27.0 Å². The summed E-state index contributed by atoms with van der Waals surface area (Å²) in [6.07, 6.45) is 1.92. The Labute approximate surface area is 130 Å². The standard InChI is InChI=1S/C14H15BrN2O2S/c1-8-4-11(5-9(2)13(8)15)17-6-10(3)16-14(17)20-7-12(18)19/h4-6H,7H2,1-3H3,(H,18,19). The summed E-state index contributed by atoms with van der Waals surface area (Å²) in [6.45, 7) is 5.97. The summed E-state index contributed by atoms with van der Waals surface area (Å²) < 4.78 is 3.04. The highest BCUT2D eigenvalue weighted by molar-refractivity contribution is 9.10. The van der Waals surface area contributed by atoms with Crippen LogP contribution in [0.25, 0.3) is 5.69 Å². The number of rotatable bonds is 4. The molecule has 2 aromatic rings. The van der Waals surface area contributed by atoms with Crippen LogP contribution in [-0.4, -0.2) is 26.4 Å². The Morgan fingerprint density at radius 1 is 1.35 bits per heavy atom. The second-order valence-corrected chi connectivity index (χ2v) is 6.35. The fourth-order valence-corrected chi connectivity index (χ4v) is 2.94. The molecule has 0 aliphatic heterocycles. The summed E-state index contributed by atoms with van der Waals surface area (Å²) in [5.74, 6) is -0.837. The maximum absolute atomic E-state index is 10.7. The van der Waals surface area contributed by atoms with Gasteiger partial charge in [0, 0.05) is 16.4 Å². The lowest BCUT2D eigenvalue weighted by Gasteiger charge is -2.11. The predicted molar refractivity (Wildman–Crippen MR) is 83.8 cm³/mol. The Kier molecular flexibility index (Phi) is 4.55. The van der Waals surface area contributed by atoms with Crippen molar-refractivity contribution in [1.29, 1.82) is 0 Å². The van der Waals surface area contributed by atoms with Crippen molar-refractivity contribution in [2.45, 2.75) is 25.9 Å². The van der Waals surface area contributed by atoms with E-state index in [0.29, 0.717) is 5.16 Å². The van der Waals surface area contributed by atoms with Crippen LogP contribution in [0.15, 0.2) is 28.0 Å². The van der Waals surface area contributed by atoms with Crippen LogP contribution < -0.4 is 0 Å². The number of carboxylic acid groups (broad SMARTS) is 1. The average molecular weight is 355 g/mol. The molecule has 1 aromatic heterocycles. The highest BCUT2D eigenvalue weighted by Crippen LogP contribution is 2.27. The Hall–Kier alpha value is -1.27. The summed E-state index contributed by atoms with van der Waals surface area (Å²) in [4.78, 5) is 15.1. The summed E-state index contributed by atoms with van der Waals surface area (Å²) in [5, 5.41) is 9.50. The van der Waals surface area contributed by atoms with Crippen LogP contribution in [0.5, 0.6) is 0 Å². The fraction of sp³-hybridized carbons (Fsp3) is 0.286. The monoisotopic (exact) mass is 354 g/mol. The molecule has 0 atom stereocenters. The van der Waals surface area contributed by atoms with Crippen LogP contribution in [0, 0.1) is 20.8 Å². The van der Waals surface area contributed by atoms with E-state index >= 15 is 0 Å². The van der Waals surface area contributed by atoms with E-state index in [1.54, 1.807) is 0 Å². The van der Waals surface area contributed by atoms with E-state index in [-0.39, 0.29) is 5.75 Å². The van der Waals surface area contributed by atoms with E-state index in [1.165, 1.54) is 11.8 Å². The van der Waals surface area contributed by atoms with Crippen molar-refractivity contribution in [3.05, 3.63) is 39.6 Å². The zero-order valence-corrected chi connectivity index (χ0v) is 13.9. The van der Waals surface area contributed by atoms with Gasteiger partial charge in [-0.3, -0.25) is 9.36 Å². The molecule has 2 rings (SSSR count). The van der Waals surface area contributed by atoms with Gasteiger partial charge < -0.3 is 5.11 Å². The van der Waals surface area contributed by atoms with E-state index in [9.17, 15) is 4.79 Å². The van der Waals surface area contributed by atoms with Crippen LogP contribution in [0.4, 0.5) is 0 Å². The van der Waals surface area contributed by atoms with Gasteiger partial charge in [-0.25, -0.2) is 4.98 Å². The lowest BCUT2D eigenvalue weighted by molar-refractivity contribution is -0.133. The predicted octanol–water partition coefficient (Wildman–Crippen LogP) is 3.74. The first kappa shape index (κ1) is 15.1. The van der Waals surface area contributed by atoms with Crippen LogP contribution >= 0.6 is 27.7 Å². The molecule has 0 spiro atoms. The number of hydrogen-bond acceptors (Lipinski definition) is 3. The van der Waals surface area contributed by atoms with E-state index in [4.69, 9.17) is 5.11 Å². The minimum absolute atomic E-state index is 0.00491. The van der Waals surface area contributed by atoms with Crippen molar-refractivity contribution < 1.29 is 9.90 Å². The first-order valence-corrected chi connectivity index (χ1v) is 7.84. The van der Waals surface area contributed by atoms with Crippen molar-refractivity contribution in [2.24, 2.45) is 0 Å². The lowest BCUT2D eigenvalue weighted by Crippen LogP contribution is -2.02. The third kappa shape index (κ3) is 3.24. The molecule has 1 N–H and O–H groups in total. The smallest absolute Gasteiger partial charge is 0.313 e. The van der Waals surface area contributed by atoms with Gasteiger partial charge in [0.1, 0.15) is 0 Å². The third-order valence-electron chi connectivity index (χ3n) is 2.82. The van der Waals surface area contributed by atoms with Crippen LogP contribution in [0.2, 0.25) is 0 Å². The number of carboxylic acids is 1. The van der Waals surface area contributed by atoms with Gasteiger partial charge in [-0.05, 0) is 44.0 Å². The Morgan fingerprint density at radius 2 is 1.95 bits per heavy atom. The number of benzene rings is 1. The molecule has 106 valence electrons. The van der Waals surface area contributed by atoms with Crippen LogP contribution in [0.3, 0.4) is 0 Å². The highest BCUT2D eigenvalue weighted by atomic mass is 79.9. The molecule has 1 aromatic carbocycles. The quantitative estimate of drug-likeness (QED) is 0.849. The lowest BCUT2D eigenvalue weighted by atomic mass is 10.1. The maximum Gasteiger partial charge on any atom is 0.313 e. The van der Waals surface area contributed by atoms with Crippen molar-refractivity contribution in [1.82, 2.24) is 9.55 Å². The number of aliphatic carboxylic acids is 1. The van der Waals surface area contributed by atoms with Gasteiger partial charge >= 0.3 is 5.97 Å². The van der Waals surface area contributed by atoms with Gasteiger partial charge in [0.2, 0.25) is 0 Å². The van der Waals surface area contributed by atoms with Gasteiger partial charge in [-0.1, -0.05) is 27.7 Å². The zero-order chi connectivity index (χ0) is 14.9. The molecule has 4 nitrogen and oxygen atoms in total. The first-order chi connectivity index (χ1) is 9.38. The normalized spacial score (nSPS) is 10.8. The summed E-state index contributed by atoms with van der Waals surface area (Å²) in [6, 6.07) is 4.12. The number of thioether (sulfide) groups is 1. The van der Waals surface area contributed by atoms with E-state index in [1.807, 2.05) is 31.5 Å². The number of halogens is 1. The van der Waals surface area contributed by atoms with Gasteiger partial charge in [0.05, 0.1) is 11.4 Å². The van der Waals surface area contributed by atoms with E-state index < -0.39 is 5.97 Å². The summed E-state index contributed by atoms with van der Waals surface area (Å²) >= 11 is 4.78. The second kappa shape index (κ2) is 6.01. The number of aryl methyl sites for hydroxylation is 3. The molecule has 0 saturated heterocycles. The molecule has 20 heavy (non-hydrogen) atoms. The fourth-order valence-electron chi connectivity index (χ4n) is 1.95. The Bertz CT molecular complexity index is 644. The molecule has 0 aliphatic carbocycles. The zero-order valence-electron chi connectivity index (χ0n) is 11.5. The van der Waals surface area contributed by atoms with Crippen LogP contribution in [0.1, 0.15) is 16.8 Å². The van der Waals surface area contributed by atoms with Crippen LogP contribution in [-0.2, 0) is 4.79 Å². The number of hydrogen-bond donors (Lipinski definition) is 1. The molecule has 6 heteroatoms. The first-order valence-electron chi connectivity index (χ1n) is 6.06. The maximum atomic E-state index is 10.7. The van der Waals surface area contributed by atoms with Crippen molar-refractivity contribution in [3.8, 4) is 5.69 Å². The summed E-state index contributed by atoms with van der Waals surface area (Å²) in [7, 11) is 0. The molecular weight excluding hydrogens is 340 g/mol. The number of imidazole rings is 1. The molecule has 0 unspecified atom stereocenters. The van der Waals surface area contributed by atoms with Gasteiger partial charge in [-0.2, -0.15) is 0 Å². The number of aromatic nitrogens is 2. The molecule has 0 radical (unpaired) electrons. The van der Waals surface area contributed by atoms with Crippen molar-refractivity contribution >= 4 is 33.7 Å². The SMILES string of the molecule is Cc1cn(-c2cc(C)c(Br)c(C)c2)c(SCC(=O)O)n1. The topological polar surface area (TPSA) is 55.1 Å². The Balaban J connectivity index is 2.44. The molecule has 0 saturated carbocycles. The van der Waals surface area contributed by atoms with Gasteiger partial charge in [0.25, 0.3) is 0 Å². The molecule has 0 fully saturated rings. The average Bonchev–Trinajstić information content (AvgIpc) is 2.74. The van der Waals surface area contributed by atoms with Crippen molar-refractivity contribution in [2.75, 3.05) is 5.75 Å². The van der Waals surface area contributed by atoms with Gasteiger partial charge in [0.15, 0.2) is 5.16 Å². The van der Waals surface area contributed by atoms with E-state index in [2.05, 4.69) is 33.0 Å². The largest absolute Gasteiger partial charge is 0.481 e. The number of nitrogens with zero attached hydrogens (tertiary/aromatic N) is 2. The minimum atomic E-state index is -0.842. The highest BCUT2D eigenvalue weighted by Gasteiger charge is 2.12.